The first kappa shape index (κ1) is 14.1. The monoisotopic (exact) mass is 245 g/mol. The van der Waals surface area contributed by atoms with Crippen LogP contribution in [-0.2, 0) is 0 Å². The van der Waals surface area contributed by atoms with Crippen LogP contribution in [0.2, 0.25) is 0 Å². The summed E-state index contributed by atoms with van der Waals surface area (Å²) in [4.78, 5) is 11.8. The molecule has 0 saturated carbocycles. The molecule has 0 radical (unpaired) electrons. The minimum atomic E-state index is -0.0889. The van der Waals surface area contributed by atoms with E-state index < -0.39 is 0 Å². The van der Waals surface area contributed by atoms with Gasteiger partial charge in [0.1, 0.15) is 5.75 Å². The summed E-state index contributed by atoms with van der Waals surface area (Å²) in [6.07, 6.45) is 7.57. The van der Waals surface area contributed by atoms with Crippen molar-refractivity contribution in [1.29, 1.82) is 0 Å². The Morgan fingerprint density at radius 1 is 1.50 bits per heavy atom. The fraction of sp³-hybridized carbons (Fsp3) is 0.400. The molecule has 0 bridgehead atoms. The van der Waals surface area contributed by atoms with E-state index in [-0.39, 0.29) is 5.91 Å². The van der Waals surface area contributed by atoms with E-state index in [1.807, 2.05) is 19.1 Å². The summed E-state index contributed by atoms with van der Waals surface area (Å²) in [5, 5.41) is 2.83. The van der Waals surface area contributed by atoms with Gasteiger partial charge in [0, 0.05) is 18.5 Å². The molecule has 0 aliphatic heterocycles. The summed E-state index contributed by atoms with van der Waals surface area (Å²) >= 11 is 0. The Kier molecular flexibility index (Phi) is 6.42. The molecule has 0 aliphatic carbocycles. The zero-order valence-electron chi connectivity index (χ0n) is 10.7. The zero-order valence-corrected chi connectivity index (χ0v) is 10.7. The minimum Gasteiger partial charge on any atom is -0.494 e. The molecule has 0 aromatic heterocycles. The molecule has 96 valence electrons. The second-order valence-electron chi connectivity index (χ2n) is 3.94. The third-order valence-corrected chi connectivity index (χ3v) is 2.35. The molecule has 3 heteroatoms. The second kappa shape index (κ2) is 8.19. The normalized spacial score (nSPS) is 9.56. The summed E-state index contributed by atoms with van der Waals surface area (Å²) in [7, 11) is 0. The fourth-order valence-corrected chi connectivity index (χ4v) is 1.44. The van der Waals surface area contributed by atoms with Gasteiger partial charge in [-0.15, -0.1) is 12.3 Å². The predicted octanol–water partition coefficient (Wildman–Crippen LogP) is 2.62. The maximum atomic E-state index is 11.8. The molecule has 1 amide bonds. The quantitative estimate of drug-likeness (QED) is 0.592. The highest BCUT2D eigenvalue weighted by atomic mass is 16.5. The molecule has 1 rings (SSSR count). The number of ether oxygens (including phenoxy) is 1. The molecule has 0 atom stereocenters. The minimum absolute atomic E-state index is 0.0889. The van der Waals surface area contributed by atoms with Gasteiger partial charge in [-0.2, -0.15) is 0 Å². The zero-order chi connectivity index (χ0) is 13.2. The van der Waals surface area contributed by atoms with Crippen molar-refractivity contribution in [2.45, 2.75) is 26.2 Å². The number of hydrogen-bond donors (Lipinski definition) is 1. The Hall–Kier alpha value is -1.95. The van der Waals surface area contributed by atoms with Gasteiger partial charge in [0.25, 0.3) is 5.91 Å². The van der Waals surface area contributed by atoms with Crippen LogP contribution < -0.4 is 10.1 Å². The van der Waals surface area contributed by atoms with E-state index in [0.717, 1.165) is 18.6 Å². The first-order chi connectivity index (χ1) is 8.77. The number of terminal acetylenes is 1. The van der Waals surface area contributed by atoms with E-state index in [0.29, 0.717) is 25.1 Å². The summed E-state index contributed by atoms with van der Waals surface area (Å²) in [6.45, 7) is 3.30. The fourth-order valence-electron chi connectivity index (χ4n) is 1.44. The lowest BCUT2D eigenvalue weighted by atomic mass is 10.2. The van der Waals surface area contributed by atoms with Crippen LogP contribution in [0.1, 0.15) is 36.5 Å². The number of nitrogens with one attached hydrogen (secondary N) is 1. The Bertz CT molecular complexity index is 421. The van der Waals surface area contributed by atoms with Gasteiger partial charge in [0.15, 0.2) is 0 Å². The van der Waals surface area contributed by atoms with Crippen LogP contribution in [0.4, 0.5) is 0 Å². The lowest BCUT2D eigenvalue weighted by Gasteiger charge is -2.07. The van der Waals surface area contributed by atoms with Gasteiger partial charge in [-0.3, -0.25) is 4.79 Å². The maximum absolute atomic E-state index is 11.8. The van der Waals surface area contributed by atoms with Crippen molar-refractivity contribution in [3.63, 3.8) is 0 Å². The smallest absolute Gasteiger partial charge is 0.251 e. The number of benzene rings is 1. The van der Waals surface area contributed by atoms with Gasteiger partial charge >= 0.3 is 0 Å². The number of carbonyl (C=O) groups is 1. The van der Waals surface area contributed by atoms with Gasteiger partial charge < -0.3 is 10.1 Å². The number of unbranched alkanes of at least 4 members (excludes halogenated alkanes) is 1. The van der Waals surface area contributed by atoms with E-state index in [9.17, 15) is 4.79 Å². The molecule has 18 heavy (non-hydrogen) atoms. The van der Waals surface area contributed by atoms with Crippen molar-refractivity contribution in [2.24, 2.45) is 0 Å². The molecule has 0 heterocycles. The molecular weight excluding hydrogens is 226 g/mol. The van der Waals surface area contributed by atoms with Gasteiger partial charge in [-0.1, -0.05) is 13.0 Å². The average Bonchev–Trinajstić information content (AvgIpc) is 2.41. The van der Waals surface area contributed by atoms with Crippen LogP contribution >= 0.6 is 0 Å². The third-order valence-electron chi connectivity index (χ3n) is 2.35. The van der Waals surface area contributed by atoms with Crippen LogP contribution in [-0.4, -0.2) is 19.1 Å². The molecule has 0 spiro atoms. The summed E-state index contributed by atoms with van der Waals surface area (Å²) in [6, 6.07) is 7.20. The maximum Gasteiger partial charge on any atom is 0.251 e. The standard InChI is InChI=1S/C15H19NO2/c1-3-5-6-10-16-15(17)13-8-7-9-14(12-13)18-11-4-2/h1,7-9,12H,4-6,10-11H2,2H3,(H,16,17). The van der Waals surface area contributed by atoms with Crippen molar-refractivity contribution in [1.82, 2.24) is 5.32 Å². The Labute approximate surface area is 109 Å². The van der Waals surface area contributed by atoms with E-state index >= 15 is 0 Å². The molecule has 1 aromatic carbocycles. The Balaban J connectivity index is 2.49. The van der Waals surface area contributed by atoms with E-state index in [2.05, 4.69) is 11.2 Å². The molecule has 1 N–H and O–H groups in total. The van der Waals surface area contributed by atoms with Gasteiger partial charge in [-0.25, -0.2) is 0 Å². The van der Waals surface area contributed by atoms with Gasteiger partial charge in [0.2, 0.25) is 0 Å². The van der Waals surface area contributed by atoms with Crippen LogP contribution in [0, 0.1) is 12.3 Å². The predicted molar refractivity (Wildman–Crippen MR) is 72.6 cm³/mol. The number of rotatable bonds is 7. The van der Waals surface area contributed by atoms with Crippen molar-refractivity contribution in [2.75, 3.05) is 13.2 Å². The topological polar surface area (TPSA) is 38.3 Å². The highest BCUT2D eigenvalue weighted by Crippen LogP contribution is 2.13. The average molecular weight is 245 g/mol. The van der Waals surface area contributed by atoms with Crippen LogP contribution in [0.15, 0.2) is 24.3 Å². The highest BCUT2D eigenvalue weighted by Gasteiger charge is 2.05. The molecule has 1 aromatic rings. The highest BCUT2D eigenvalue weighted by molar-refractivity contribution is 5.94. The number of carbonyl (C=O) groups excluding carboxylic acids is 1. The first-order valence-corrected chi connectivity index (χ1v) is 6.22. The van der Waals surface area contributed by atoms with Gasteiger partial charge in [-0.05, 0) is 31.0 Å². The molecular formula is C15H19NO2. The molecule has 3 nitrogen and oxygen atoms in total. The number of hydrogen-bond acceptors (Lipinski definition) is 2. The van der Waals surface area contributed by atoms with Crippen LogP contribution in [0.3, 0.4) is 0 Å². The van der Waals surface area contributed by atoms with Crippen molar-refractivity contribution in [3.05, 3.63) is 29.8 Å². The van der Waals surface area contributed by atoms with Crippen LogP contribution in [0.5, 0.6) is 5.75 Å². The lowest BCUT2D eigenvalue weighted by Crippen LogP contribution is -2.24. The second-order valence-corrected chi connectivity index (χ2v) is 3.94. The van der Waals surface area contributed by atoms with Gasteiger partial charge in [0.05, 0.1) is 6.61 Å². The van der Waals surface area contributed by atoms with Crippen molar-refractivity contribution in [3.8, 4) is 18.1 Å². The van der Waals surface area contributed by atoms with E-state index in [1.165, 1.54) is 0 Å². The molecule has 0 unspecified atom stereocenters. The first-order valence-electron chi connectivity index (χ1n) is 6.22. The van der Waals surface area contributed by atoms with E-state index in [1.54, 1.807) is 12.1 Å². The third kappa shape index (κ3) is 4.92. The molecule has 0 aliphatic rings. The van der Waals surface area contributed by atoms with Crippen molar-refractivity contribution >= 4 is 5.91 Å². The molecule has 0 saturated heterocycles. The largest absolute Gasteiger partial charge is 0.494 e. The molecule has 0 fully saturated rings. The lowest BCUT2D eigenvalue weighted by molar-refractivity contribution is 0.0953. The van der Waals surface area contributed by atoms with E-state index in [4.69, 9.17) is 11.2 Å². The SMILES string of the molecule is C#CCCCNC(=O)c1cccc(OCCC)c1. The summed E-state index contributed by atoms with van der Waals surface area (Å²) < 4.78 is 5.48. The Morgan fingerprint density at radius 3 is 3.06 bits per heavy atom. The number of amides is 1. The van der Waals surface area contributed by atoms with Crippen LogP contribution in [0.25, 0.3) is 0 Å². The Morgan fingerprint density at radius 2 is 2.33 bits per heavy atom. The summed E-state index contributed by atoms with van der Waals surface area (Å²) in [5.74, 6) is 3.18. The summed E-state index contributed by atoms with van der Waals surface area (Å²) in [5.41, 5.74) is 0.615. The van der Waals surface area contributed by atoms with Crippen molar-refractivity contribution < 1.29 is 9.53 Å².